The van der Waals surface area contributed by atoms with Crippen LogP contribution in [0.3, 0.4) is 0 Å². The van der Waals surface area contributed by atoms with Crippen molar-refractivity contribution in [2.24, 2.45) is 0 Å². The van der Waals surface area contributed by atoms with Gasteiger partial charge in [0.1, 0.15) is 17.2 Å². The molecule has 0 fully saturated rings. The Morgan fingerprint density at radius 1 is 1.04 bits per heavy atom. The van der Waals surface area contributed by atoms with E-state index in [1.54, 1.807) is 0 Å². The summed E-state index contributed by atoms with van der Waals surface area (Å²) < 4.78 is 4.85. The van der Waals surface area contributed by atoms with E-state index in [2.05, 4.69) is 15.0 Å². The van der Waals surface area contributed by atoms with Gasteiger partial charge in [0.15, 0.2) is 0 Å². The van der Waals surface area contributed by atoms with Crippen LogP contribution in [0.2, 0.25) is 0 Å². The van der Waals surface area contributed by atoms with Crippen LogP contribution in [-0.2, 0) is 9.53 Å². The number of pyridine rings is 1. The van der Waals surface area contributed by atoms with E-state index in [1.807, 2.05) is 60.7 Å². The van der Waals surface area contributed by atoms with Crippen molar-refractivity contribution in [1.82, 2.24) is 15.0 Å². The molecule has 0 saturated carbocycles. The lowest BCUT2D eigenvalue weighted by atomic mass is 10.2. The summed E-state index contributed by atoms with van der Waals surface area (Å²) in [4.78, 5) is 24.3. The zero-order valence-corrected chi connectivity index (χ0v) is 15.9. The molecule has 0 radical (unpaired) electrons. The normalized spacial score (nSPS) is 12.2. The van der Waals surface area contributed by atoms with Crippen LogP contribution in [-0.4, -0.2) is 38.9 Å². The topological polar surface area (TPSA) is 88.1 Å². The summed E-state index contributed by atoms with van der Waals surface area (Å²) in [6, 6.07) is 19.1. The van der Waals surface area contributed by atoms with E-state index in [4.69, 9.17) is 4.74 Å². The highest BCUT2D eigenvalue weighted by Crippen LogP contribution is 2.26. The number of aliphatic hydroxyl groups is 1. The molecule has 0 aliphatic heterocycles. The molecular weight excluding hydrogens is 374 g/mol. The fraction of sp³-hybridized carbons (Fsp3) is 0.0952. The molecule has 2 aromatic carbocycles. The zero-order chi connectivity index (χ0) is 19.5. The molecule has 0 saturated heterocycles. The quantitative estimate of drug-likeness (QED) is 0.228. The van der Waals surface area contributed by atoms with Gasteiger partial charge in [0, 0.05) is 5.39 Å². The van der Waals surface area contributed by atoms with Crippen LogP contribution < -0.4 is 0 Å². The average molecular weight is 391 g/mol. The molecule has 0 aliphatic carbocycles. The predicted octanol–water partition coefficient (Wildman–Crippen LogP) is 4.35. The highest BCUT2D eigenvalue weighted by Gasteiger charge is 2.22. The van der Waals surface area contributed by atoms with Gasteiger partial charge in [0.25, 0.3) is 0 Å². The van der Waals surface area contributed by atoms with Gasteiger partial charge in [-0.2, -0.15) is 0 Å². The van der Waals surface area contributed by atoms with E-state index in [0.29, 0.717) is 5.52 Å². The monoisotopic (exact) mass is 391 g/mol. The minimum atomic E-state index is -0.649. The fourth-order valence-corrected chi connectivity index (χ4v) is 3.62. The number of ether oxygens (including phenoxy) is 1. The van der Waals surface area contributed by atoms with Gasteiger partial charge < -0.3 is 14.8 Å². The van der Waals surface area contributed by atoms with Gasteiger partial charge >= 0.3 is 5.97 Å². The Labute approximate surface area is 165 Å². The third-order valence-corrected chi connectivity index (χ3v) is 5.17. The van der Waals surface area contributed by atoms with Crippen LogP contribution >= 0.6 is 11.8 Å². The number of para-hydroxylation sites is 3. The van der Waals surface area contributed by atoms with Crippen LogP contribution in [0.15, 0.2) is 71.4 Å². The lowest BCUT2D eigenvalue weighted by Gasteiger charge is -2.07. The molecule has 2 N–H and O–H groups in total. The summed E-state index contributed by atoms with van der Waals surface area (Å²) in [5, 5.41) is 12.4. The Morgan fingerprint density at radius 2 is 1.79 bits per heavy atom. The number of H-pyrrole nitrogens is 1. The number of esters is 1. The predicted molar refractivity (Wildman–Crippen MR) is 110 cm³/mol. The Balaban J connectivity index is 1.64. The molecule has 7 heteroatoms. The van der Waals surface area contributed by atoms with Crippen molar-refractivity contribution >= 4 is 45.2 Å². The van der Waals surface area contributed by atoms with E-state index in [1.165, 1.54) is 18.9 Å². The van der Waals surface area contributed by atoms with Gasteiger partial charge in [0.2, 0.25) is 0 Å². The molecule has 28 heavy (non-hydrogen) atoms. The summed E-state index contributed by atoms with van der Waals surface area (Å²) in [5.41, 5.74) is 2.37. The molecule has 0 atom stereocenters. The first-order valence-electron chi connectivity index (χ1n) is 8.60. The van der Waals surface area contributed by atoms with Crippen LogP contribution in [0.1, 0.15) is 5.82 Å². The number of fused-ring (bicyclic) bond motifs is 2. The molecule has 2 heterocycles. The molecular formula is C21H17N3O3S. The van der Waals surface area contributed by atoms with E-state index in [9.17, 15) is 9.90 Å². The second-order valence-corrected chi connectivity index (χ2v) is 7.04. The van der Waals surface area contributed by atoms with E-state index >= 15 is 0 Å². The maximum atomic E-state index is 12.3. The number of benzene rings is 2. The number of hydrogen-bond donors (Lipinski definition) is 2. The third kappa shape index (κ3) is 3.57. The second-order valence-electron chi connectivity index (χ2n) is 6.05. The number of aromatic amines is 1. The molecule has 4 aromatic rings. The Bertz CT molecular complexity index is 1170. The first kappa shape index (κ1) is 18.1. The second kappa shape index (κ2) is 7.74. The Hall–Kier alpha value is -3.32. The maximum absolute atomic E-state index is 12.3. The van der Waals surface area contributed by atoms with Gasteiger partial charge in [-0.15, -0.1) is 0 Å². The number of rotatable bonds is 5. The molecule has 2 aromatic heterocycles. The molecule has 0 aliphatic rings. The SMILES string of the molecule is COC(=O)/C(=C(/O)CSc1ccc2ccccc2n1)c1nc2ccccc2[nH]1. The van der Waals surface area contributed by atoms with E-state index in [0.717, 1.165) is 21.4 Å². The van der Waals surface area contributed by atoms with Crippen molar-refractivity contribution in [2.75, 3.05) is 12.9 Å². The molecule has 0 amide bonds. The number of aliphatic hydroxyl groups excluding tert-OH is 1. The summed E-state index contributed by atoms with van der Waals surface area (Å²) >= 11 is 1.33. The van der Waals surface area contributed by atoms with Crippen LogP contribution in [0.25, 0.3) is 27.5 Å². The van der Waals surface area contributed by atoms with E-state index in [-0.39, 0.29) is 22.9 Å². The van der Waals surface area contributed by atoms with Crippen molar-refractivity contribution in [3.8, 4) is 0 Å². The molecule has 0 unspecified atom stereocenters. The summed E-state index contributed by atoms with van der Waals surface area (Å²) in [6.07, 6.45) is 0. The minimum Gasteiger partial charge on any atom is -0.510 e. The minimum absolute atomic E-state index is 0.0204. The van der Waals surface area contributed by atoms with Crippen LogP contribution in [0.5, 0.6) is 0 Å². The van der Waals surface area contributed by atoms with Crippen molar-refractivity contribution in [2.45, 2.75) is 5.03 Å². The molecule has 0 spiro atoms. The summed E-state index contributed by atoms with van der Waals surface area (Å²) in [6.45, 7) is 0. The standard InChI is InChI=1S/C21H17N3O3S/c1-27-21(26)19(20-23-15-8-4-5-9-16(15)24-20)17(25)12-28-18-11-10-13-6-2-3-7-14(13)22-18/h2-11,25H,12H2,1H3,(H,23,24)/b19-17+. The largest absolute Gasteiger partial charge is 0.510 e. The molecule has 6 nitrogen and oxygen atoms in total. The summed E-state index contributed by atoms with van der Waals surface area (Å²) in [7, 11) is 1.27. The Morgan fingerprint density at radius 3 is 2.57 bits per heavy atom. The number of nitrogens with zero attached hydrogens (tertiary/aromatic N) is 2. The number of carbonyl (C=O) groups is 1. The molecule has 4 rings (SSSR count). The van der Waals surface area contributed by atoms with Crippen molar-refractivity contribution in [1.29, 1.82) is 0 Å². The molecule has 0 bridgehead atoms. The van der Waals surface area contributed by atoms with Gasteiger partial charge in [0.05, 0.1) is 34.4 Å². The highest BCUT2D eigenvalue weighted by atomic mass is 32.2. The lowest BCUT2D eigenvalue weighted by molar-refractivity contribution is -0.133. The Kier molecular flexibility index (Phi) is 4.99. The van der Waals surface area contributed by atoms with Crippen LogP contribution in [0, 0.1) is 0 Å². The van der Waals surface area contributed by atoms with Crippen molar-refractivity contribution < 1.29 is 14.6 Å². The number of methoxy groups -OCH3 is 1. The number of carbonyl (C=O) groups excluding carboxylic acids is 1. The van der Waals surface area contributed by atoms with E-state index < -0.39 is 5.97 Å². The maximum Gasteiger partial charge on any atom is 0.345 e. The number of aromatic nitrogens is 3. The smallest absolute Gasteiger partial charge is 0.345 e. The number of thioether (sulfide) groups is 1. The first-order valence-corrected chi connectivity index (χ1v) is 9.58. The highest BCUT2D eigenvalue weighted by molar-refractivity contribution is 7.99. The molecule has 140 valence electrons. The van der Waals surface area contributed by atoms with Crippen molar-refractivity contribution in [3.63, 3.8) is 0 Å². The average Bonchev–Trinajstić information content (AvgIpc) is 3.15. The lowest BCUT2D eigenvalue weighted by Crippen LogP contribution is -2.09. The van der Waals surface area contributed by atoms with Crippen molar-refractivity contribution in [3.05, 3.63) is 72.2 Å². The van der Waals surface area contributed by atoms with Crippen LogP contribution in [0.4, 0.5) is 0 Å². The number of hydrogen-bond acceptors (Lipinski definition) is 6. The summed E-state index contributed by atoms with van der Waals surface area (Å²) in [5.74, 6) is -0.334. The number of nitrogens with one attached hydrogen (secondary N) is 1. The fourth-order valence-electron chi connectivity index (χ4n) is 2.87. The van der Waals surface area contributed by atoms with Gasteiger partial charge in [-0.3, -0.25) is 0 Å². The van der Waals surface area contributed by atoms with Gasteiger partial charge in [-0.1, -0.05) is 48.2 Å². The zero-order valence-electron chi connectivity index (χ0n) is 15.0. The third-order valence-electron chi connectivity index (χ3n) is 4.23. The first-order chi connectivity index (χ1) is 13.7. The van der Waals surface area contributed by atoms with Gasteiger partial charge in [-0.05, 0) is 24.3 Å². The van der Waals surface area contributed by atoms with Gasteiger partial charge in [-0.25, -0.2) is 14.8 Å². The number of imidazole rings is 1.